The first-order chi connectivity index (χ1) is 8.20. The van der Waals surface area contributed by atoms with Crippen LogP contribution in [-0.2, 0) is 4.74 Å². The van der Waals surface area contributed by atoms with E-state index in [9.17, 15) is 5.26 Å². The molecule has 2 fully saturated rings. The molecular formula is C14H24N2O. The summed E-state index contributed by atoms with van der Waals surface area (Å²) in [5, 5.41) is 13.0. The van der Waals surface area contributed by atoms with Gasteiger partial charge in [-0.05, 0) is 44.9 Å². The predicted molar refractivity (Wildman–Crippen MR) is 67.5 cm³/mol. The highest BCUT2D eigenvalue weighted by Gasteiger charge is 2.48. The molecule has 2 atom stereocenters. The maximum absolute atomic E-state index is 9.51. The summed E-state index contributed by atoms with van der Waals surface area (Å²) in [5.74, 6) is 0.516. The molecule has 96 valence electrons. The van der Waals surface area contributed by atoms with Crippen molar-refractivity contribution in [3.05, 3.63) is 0 Å². The molecule has 0 aromatic carbocycles. The maximum Gasteiger partial charge on any atom is 0.133 e. The number of nitriles is 1. The Kier molecular flexibility index (Phi) is 4.06. The largest absolute Gasteiger partial charge is 0.375 e. The highest BCUT2D eigenvalue weighted by molar-refractivity contribution is 5.17. The first-order valence-electron chi connectivity index (χ1n) is 7.00. The monoisotopic (exact) mass is 236 g/mol. The second kappa shape index (κ2) is 5.37. The number of nitrogens with zero attached hydrogens (tertiary/aromatic N) is 1. The Balaban J connectivity index is 1.88. The third-order valence-electron chi connectivity index (χ3n) is 3.80. The van der Waals surface area contributed by atoms with Crippen molar-refractivity contribution in [3.63, 3.8) is 0 Å². The van der Waals surface area contributed by atoms with Gasteiger partial charge in [0.1, 0.15) is 5.54 Å². The zero-order valence-electron chi connectivity index (χ0n) is 11.0. The van der Waals surface area contributed by atoms with Gasteiger partial charge in [-0.25, -0.2) is 0 Å². The lowest BCUT2D eigenvalue weighted by atomic mass is 9.95. The summed E-state index contributed by atoms with van der Waals surface area (Å²) in [5.41, 5.74) is -0.400. The lowest BCUT2D eigenvalue weighted by Gasteiger charge is -2.29. The second-order valence-electron chi connectivity index (χ2n) is 5.69. The van der Waals surface area contributed by atoms with Crippen LogP contribution in [0.4, 0.5) is 0 Å². The third-order valence-corrected chi connectivity index (χ3v) is 3.80. The summed E-state index contributed by atoms with van der Waals surface area (Å²) >= 11 is 0. The Morgan fingerprint density at radius 2 is 2.12 bits per heavy atom. The molecule has 0 spiro atoms. The smallest absolute Gasteiger partial charge is 0.133 e. The molecule has 1 N–H and O–H groups in total. The Hall–Kier alpha value is -0.590. The number of rotatable bonds is 8. The molecule has 3 heteroatoms. The molecule has 2 saturated carbocycles. The van der Waals surface area contributed by atoms with Crippen LogP contribution in [0.1, 0.15) is 52.4 Å². The molecule has 0 radical (unpaired) electrons. The maximum atomic E-state index is 9.51. The van der Waals surface area contributed by atoms with Gasteiger partial charge in [0.05, 0.1) is 18.8 Å². The Labute approximate surface area is 105 Å². The van der Waals surface area contributed by atoms with Crippen molar-refractivity contribution in [2.75, 3.05) is 6.61 Å². The molecule has 2 unspecified atom stereocenters. The summed E-state index contributed by atoms with van der Waals surface area (Å²) in [4.78, 5) is 0. The molecule has 0 saturated heterocycles. The normalized spacial score (nSPS) is 25.0. The zero-order chi connectivity index (χ0) is 12.3. The van der Waals surface area contributed by atoms with Gasteiger partial charge in [0, 0.05) is 6.04 Å². The highest BCUT2D eigenvalue weighted by atomic mass is 16.5. The van der Waals surface area contributed by atoms with Crippen molar-refractivity contribution >= 4 is 0 Å². The average Bonchev–Trinajstić information content (AvgIpc) is 3.16. The van der Waals surface area contributed by atoms with E-state index < -0.39 is 5.54 Å². The van der Waals surface area contributed by atoms with Gasteiger partial charge in [-0.15, -0.1) is 0 Å². The molecule has 2 aliphatic carbocycles. The molecule has 0 aromatic rings. The fraction of sp³-hybridized carbons (Fsp3) is 0.929. The number of nitrogens with one attached hydrogen (secondary N) is 1. The lowest BCUT2D eigenvalue weighted by Crippen LogP contribution is -2.51. The van der Waals surface area contributed by atoms with Crippen LogP contribution in [0.15, 0.2) is 0 Å². The molecule has 3 nitrogen and oxygen atoms in total. The quantitative estimate of drug-likeness (QED) is 0.704. The van der Waals surface area contributed by atoms with E-state index in [1.807, 2.05) is 0 Å². The van der Waals surface area contributed by atoms with Crippen LogP contribution < -0.4 is 5.32 Å². The minimum absolute atomic E-state index is 0.271. The molecule has 0 heterocycles. The van der Waals surface area contributed by atoms with Crippen LogP contribution in [0.2, 0.25) is 0 Å². The van der Waals surface area contributed by atoms with Crippen molar-refractivity contribution in [2.45, 2.75) is 70.1 Å². The van der Waals surface area contributed by atoms with Crippen molar-refractivity contribution in [1.82, 2.24) is 5.32 Å². The topological polar surface area (TPSA) is 45.0 Å². The van der Waals surface area contributed by atoms with E-state index in [0.29, 0.717) is 18.6 Å². The van der Waals surface area contributed by atoms with Crippen LogP contribution >= 0.6 is 0 Å². The summed E-state index contributed by atoms with van der Waals surface area (Å²) in [6.45, 7) is 4.84. The SMILES string of the molecule is CCCC(C)OCC(C#N)(NC1CC1)C1CC1. The van der Waals surface area contributed by atoms with Crippen LogP contribution in [0, 0.1) is 17.2 Å². The van der Waals surface area contributed by atoms with Gasteiger partial charge < -0.3 is 4.74 Å². The fourth-order valence-corrected chi connectivity index (χ4v) is 2.36. The average molecular weight is 236 g/mol. The number of hydrogen-bond acceptors (Lipinski definition) is 3. The Bertz CT molecular complexity index is 291. The molecular weight excluding hydrogens is 212 g/mol. The zero-order valence-corrected chi connectivity index (χ0v) is 11.0. The van der Waals surface area contributed by atoms with Gasteiger partial charge in [0.25, 0.3) is 0 Å². The minimum atomic E-state index is -0.400. The third kappa shape index (κ3) is 3.43. The second-order valence-corrected chi connectivity index (χ2v) is 5.69. The summed E-state index contributed by atoms with van der Waals surface area (Å²) in [7, 11) is 0. The van der Waals surface area contributed by atoms with Crippen molar-refractivity contribution in [1.29, 1.82) is 5.26 Å². The van der Waals surface area contributed by atoms with E-state index in [-0.39, 0.29) is 6.10 Å². The summed E-state index contributed by atoms with van der Waals surface area (Å²) < 4.78 is 5.88. The molecule has 0 aromatic heterocycles. The molecule has 0 bridgehead atoms. The first-order valence-corrected chi connectivity index (χ1v) is 7.00. The molecule has 2 aliphatic rings. The molecule has 0 aliphatic heterocycles. The predicted octanol–water partition coefficient (Wildman–Crippen LogP) is 2.62. The number of hydrogen-bond donors (Lipinski definition) is 1. The van der Waals surface area contributed by atoms with Crippen LogP contribution in [-0.4, -0.2) is 24.3 Å². The van der Waals surface area contributed by atoms with E-state index in [1.54, 1.807) is 0 Å². The minimum Gasteiger partial charge on any atom is -0.375 e. The van der Waals surface area contributed by atoms with Crippen molar-refractivity contribution < 1.29 is 4.74 Å². The van der Waals surface area contributed by atoms with E-state index in [0.717, 1.165) is 12.8 Å². The van der Waals surface area contributed by atoms with E-state index in [4.69, 9.17) is 4.74 Å². The summed E-state index contributed by atoms with van der Waals surface area (Å²) in [6, 6.07) is 3.08. The van der Waals surface area contributed by atoms with Crippen LogP contribution in [0.5, 0.6) is 0 Å². The first kappa shape index (κ1) is 12.9. The van der Waals surface area contributed by atoms with Gasteiger partial charge in [-0.1, -0.05) is 13.3 Å². The van der Waals surface area contributed by atoms with Crippen LogP contribution in [0.25, 0.3) is 0 Å². The van der Waals surface area contributed by atoms with Gasteiger partial charge in [0.15, 0.2) is 0 Å². The molecule has 2 rings (SSSR count). The van der Waals surface area contributed by atoms with Crippen LogP contribution in [0.3, 0.4) is 0 Å². The molecule has 17 heavy (non-hydrogen) atoms. The molecule has 0 amide bonds. The van der Waals surface area contributed by atoms with E-state index in [2.05, 4.69) is 25.2 Å². The van der Waals surface area contributed by atoms with Gasteiger partial charge in [0.2, 0.25) is 0 Å². The fourth-order valence-electron chi connectivity index (χ4n) is 2.36. The highest BCUT2D eigenvalue weighted by Crippen LogP contribution is 2.41. The Morgan fingerprint density at radius 3 is 2.59 bits per heavy atom. The number of ether oxygens (including phenoxy) is 1. The van der Waals surface area contributed by atoms with Gasteiger partial charge in [-0.3, -0.25) is 5.32 Å². The van der Waals surface area contributed by atoms with Crippen molar-refractivity contribution in [2.24, 2.45) is 5.92 Å². The lowest BCUT2D eigenvalue weighted by molar-refractivity contribution is 0.0225. The van der Waals surface area contributed by atoms with Crippen molar-refractivity contribution in [3.8, 4) is 6.07 Å². The van der Waals surface area contributed by atoms with Gasteiger partial charge >= 0.3 is 0 Å². The van der Waals surface area contributed by atoms with E-state index >= 15 is 0 Å². The van der Waals surface area contributed by atoms with E-state index in [1.165, 1.54) is 25.7 Å². The van der Waals surface area contributed by atoms with Gasteiger partial charge in [-0.2, -0.15) is 5.26 Å². The Morgan fingerprint density at radius 1 is 1.41 bits per heavy atom. The summed E-state index contributed by atoms with van der Waals surface area (Å²) in [6.07, 6.45) is 7.29. The standard InChI is InChI=1S/C14H24N2O/c1-3-4-11(2)17-10-14(9-15,12-5-6-12)16-13-7-8-13/h11-13,16H,3-8,10H2,1-2H3.